The van der Waals surface area contributed by atoms with Gasteiger partial charge in [-0.25, -0.2) is 8.42 Å². The second-order valence-electron chi connectivity index (χ2n) is 5.43. The standard InChI is InChI=1S/C18H15ClN2O3S2/c19-15-4-1-3-13(11-15)12-20-18(22)14-6-8-16(9-7-14)21-26(23,24)17-5-2-10-25-17/h1-11,21H,12H2,(H,20,22). The van der Waals surface area contributed by atoms with E-state index in [2.05, 4.69) is 10.0 Å². The Morgan fingerprint density at radius 1 is 1.04 bits per heavy atom. The second kappa shape index (κ2) is 7.90. The van der Waals surface area contributed by atoms with E-state index in [0.29, 0.717) is 22.8 Å². The number of benzene rings is 2. The van der Waals surface area contributed by atoms with Crippen LogP contribution in [-0.2, 0) is 16.6 Å². The van der Waals surface area contributed by atoms with Crippen LogP contribution in [0, 0.1) is 0 Å². The van der Waals surface area contributed by atoms with Gasteiger partial charge in [-0.15, -0.1) is 11.3 Å². The average molecular weight is 407 g/mol. The van der Waals surface area contributed by atoms with Crippen molar-refractivity contribution in [2.75, 3.05) is 4.72 Å². The smallest absolute Gasteiger partial charge is 0.271 e. The molecule has 0 radical (unpaired) electrons. The minimum Gasteiger partial charge on any atom is -0.348 e. The molecule has 0 aliphatic rings. The topological polar surface area (TPSA) is 75.3 Å². The van der Waals surface area contributed by atoms with E-state index >= 15 is 0 Å². The van der Waals surface area contributed by atoms with E-state index in [9.17, 15) is 13.2 Å². The lowest BCUT2D eigenvalue weighted by Crippen LogP contribution is -2.22. The molecule has 3 aromatic rings. The summed E-state index contributed by atoms with van der Waals surface area (Å²) in [6.45, 7) is 0.353. The van der Waals surface area contributed by atoms with Crippen LogP contribution in [0.5, 0.6) is 0 Å². The van der Waals surface area contributed by atoms with Crippen LogP contribution < -0.4 is 10.0 Å². The van der Waals surface area contributed by atoms with E-state index in [4.69, 9.17) is 11.6 Å². The molecule has 0 fully saturated rings. The first kappa shape index (κ1) is 18.4. The number of thiophene rings is 1. The Labute approximate surface area is 160 Å². The highest BCUT2D eigenvalue weighted by Gasteiger charge is 2.15. The average Bonchev–Trinajstić information content (AvgIpc) is 3.16. The van der Waals surface area contributed by atoms with Crippen LogP contribution in [0.3, 0.4) is 0 Å². The van der Waals surface area contributed by atoms with Gasteiger partial charge in [-0.05, 0) is 53.4 Å². The Morgan fingerprint density at radius 3 is 2.46 bits per heavy atom. The lowest BCUT2D eigenvalue weighted by atomic mass is 10.2. The molecule has 1 heterocycles. The molecule has 0 saturated carbocycles. The predicted octanol–water partition coefficient (Wildman–Crippen LogP) is 4.13. The first-order valence-corrected chi connectivity index (χ1v) is 10.4. The summed E-state index contributed by atoms with van der Waals surface area (Å²) in [5.74, 6) is -0.252. The van der Waals surface area contributed by atoms with Gasteiger partial charge in [-0.2, -0.15) is 0 Å². The first-order valence-electron chi connectivity index (χ1n) is 7.63. The number of rotatable bonds is 6. The van der Waals surface area contributed by atoms with Crippen LogP contribution in [0.2, 0.25) is 5.02 Å². The number of hydrogen-bond acceptors (Lipinski definition) is 4. The van der Waals surface area contributed by atoms with Crippen molar-refractivity contribution < 1.29 is 13.2 Å². The minimum atomic E-state index is -3.60. The number of halogens is 1. The number of amides is 1. The highest BCUT2D eigenvalue weighted by molar-refractivity contribution is 7.94. The Bertz CT molecular complexity index is 1000. The summed E-state index contributed by atoms with van der Waals surface area (Å²) in [4.78, 5) is 12.2. The van der Waals surface area contributed by atoms with Crippen molar-refractivity contribution in [1.29, 1.82) is 0 Å². The molecule has 3 rings (SSSR count). The van der Waals surface area contributed by atoms with Crippen LogP contribution in [0.15, 0.2) is 70.3 Å². The van der Waals surface area contributed by atoms with Crippen LogP contribution in [-0.4, -0.2) is 14.3 Å². The normalized spacial score (nSPS) is 11.1. The first-order chi connectivity index (χ1) is 12.4. The van der Waals surface area contributed by atoms with E-state index in [1.807, 2.05) is 12.1 Å². The van der Waals surface area contributed by atoms with Gasteiger partial charge in [0, 0.05) is 22.8 Å². The van der Waals surface area contributed by atoms with Gasteiger partial charge in [-0.1, -0.05) is 29.8 Å². The SMILES string of the molecule is O=C(NCc1cccc(Cl)c1)c1ccc(NS(=O)(=O)c2cccs2)cc1. The Hall–Kier alpha value is -2.35. The Kier molecular flexibility index (Phi) is 5.61. The maximum Gasteiger partial charge on any atom is 0.271 e. The van der Waals surface area contributed by atoms with Crippen molar-refractivity contribution in [3.05, 3.63) is 82.2 Å². The van der Waals surface area contributed by atoms with Gasteiger partial charge < -0.3 is 5.32 Å². The number of hydrogen-bond donors (Lipinski definition) is 2. The van der Waals surface area contributed by atoms with Crippen molar-refractivity contribution in [3.63, 3.8) is 0 Å². The molecule has 0 saturated heterocycles. The third kappa shape index (κ3) is 4.63. The summed E-state index contributed by atoms with van der Waals surface area (Å²) in [5, 5.41) is 5.10. The fourth-order valence-corrected chi connectivity index (χ4v) is 4.51. The molecule has 8 heteroatoms. The van der Waals surface area contributed by atoms with Crippen LogP contribution in [0.25, 0.3) is 0 Å². The summed E-state index contributed by atoms with van der Waals surface area (Å²) >= 11 is 7.05. The molecule has 0 unspecified atom stereocenters. The number of carbonyl (C=O) groups excluding carboxylic acids is 1. The summed E-state index contributed by atoms with van der Waals surface area (Å²) in [6.07, 6.45) is 0. The third-order valence-corrected chi connectivity index (χ3v) is 6.52. The predicted molar refractivity (Wildman–Crippen MR) is 104 cm³/mol. The molecular weight excluding hydrogens is 392 g/mol. The molecular formula is C18H15ClN2O3S2. The molecule has 0 aliphatic heterocycles. The Balaban J connectivity index is 1.63. The molecule has 5 nitrogen and oxygen atoms in total. The van der Waals surface area contributed by atoms with Crippen LogP contribution >= 0.6 is 22.9 Å². The zero-order valence-electron chi connectivity index (χ0n) is 13.5. The van der Waals surface area contributed by atoms with Gasteiger partial charge in [0.2, 0.25) is 0 Å². The lowest BCUT2D eigenvalue weighted by Gasteiger charge is -2.08. The van der Waals surface area contributed by atoms with Crippen molar-refractivity contribution in [2.45, 2.75) is 10.8 Å². The van der Waals surface area contributed by atoms with Gasteiger partial charge in [0.25, 0.3) is 15.9 Å². The van der Waals surface area contributed by atoms with E-state index in [0.717, 1.165) is 16.9 Å². The second-order valence-corrected chi connectivity index (χ2v) is 8.72. The van der Waals surface area contributed by atoms with E-state index < -0.39 is 10.0 Å². The van der Waals surface area contributed by atoms with Crippen LogP contribution in [0.1, 0.15) is 15.9 Å². The van der Waals surface area contributed by atoms with E-state index in [-0.39, 0.29) is 10.1 Å². The molecule has 0 aliphatic carbocycles. The zero-order valence-corrected chi connectivity index (χ0v) is 15.9. The molecule has 0 spiro atoms. The quantitative estimate of drug-likeness (QED) is 0.646. The molecule has 0 bridgehead atoms. The van der Waals surface area contributed by atoms with Gasteiger partial charge in [0.15, 0.2) is 0 Å². The maximum atomic E-state index is 12.2. The third-order valence-electron chi connectivity index (χ3n) is 3.50. The van der Waals surface area contributed by atoms with Gasteiger partial charge >= 0.3 is 0 Å². The van der Waals surface area contributed by atoms with Gasteiger partial charge in [0.05, 0.1) is 0 Å². The minimum absolute atomic E-state index is 0.237. The van der Waals surface area contributed by atoms with E-state index in [1.54, 1.807) is 47.8 Å². The molecule has 134 valence electrons. The Morgan fingerprint density at radius 2 is 1.81 bits per heavy atom. The highest BCUT2D eigenvalue weighted by atomic mass is 35.5. The number of anilines is 1. The summed E-state index contributed by atoms with van der Waals surface area (Å²) in [5.41, 5.74) is 1.72. The van der Waals surface area contributed by atoms with E-state index in [1.165, 1.54) is 6.07 Å². The van der Waals surface area contributed by atoms with Crippen molar-refractivity contribution in [2.24, 2.45) is 0 Å². The number of carbonyl (C=O) groups is 1. The monoisotopic (exact) mass is 406 g/mol. The number of sulfonamides is 1. The zero-order chi connectivity index (χ0) is 18.6. The molecule has 0 atom stereocenters. The number of nitrogens with one attached hydrogen (secondary N) is 2. The molecule has 1 aromatic heterocycles. The molecule has 1 amide bonds. The van der Waals surface area contributed by atoms with Crippen molar-refractivity contribution in [1.82, 2.24) is 5.32 Å². The summed E-state index contributed by atoms with van der Waals surface area (Å²) < 4.78 is 27.1. The van der Waals surface area contributed by atoms with Crippen LogP contribution in [0.4, 0.5) is 5.69 Å². The maximum absolute atomic E-state index is 12.2. The van der Waals surface area contributed by atoms with Gasteiger partial charge in [-0.3, -0.25) is 9.52 Å². The molecule has 26 heavy (non-hydrogen) atoms. The largest absolute Gasteiger partial charge is 0.348 e. The summed E-state index contributed by atoms with van der Waals surface area (Å²) in [7, 11) is -3.60. The van der Waals surface area contributed by atoms with Crippen molar-refractivity contribution >= 4 is 44.6 Å². The van der Waals surface area contributed by atoms with Crippen molar-refractivity contribution in [3.8, 4) is 0 Å². The molecule has 2 N–H and O–H groups in total. The van der Waals surface area contributed by atoms with Gasteiger partial charge in [0.1, 0.15) is 4.21 Å². The highest BCUT2D eigenvalue weighted by Crippen LogP contribution is 2.20. The fraction of sp³-hybridized carbons (Fsp3) is 0.0556. The summed E-state index contributed by atoms with van der Waals surface area (Å²) in [6, 6.07) is 16.7. The lowest BCUT2D eigenvalue weighted by molar-refractivity contribution is 0.0951. The fourth-order valence-electron chi connectivity index (χ4n) is 2.24. The molecule has 2 aromatic carbocycles.